The number of rotatable bonds is 6. The van der Waals surface area contributed by atoms with Crippen molar-refractivity contribution in [1.82, 2.24) is 5.32 Å². The minimum Gasteiger partial charge on any atom is -0.493 e. The Hall–Kier alpha value is -2.47. The smallest absolute Gasteiger partial charge is 0.319 e. The summed E-state index contributed by atoms with van der Waals surface area (Å²) in [6, 6.07) is 9.01. The summed E-state index contributed by atoms with van der Waals surface area (Å²) in [6.07, 6.45) is 3.72. The van der Waals surface area contributed by atoms with Crippen molar-refractivity contribution in [2.24, 2.45) is 5.92 Å². The molecule has 1 aromatic carbocycles. The van der Waals surface area contributed by atoms with Crippen LogP contribution in [0, 0.1) is 12.8 Å². The van der Waals surface area contributed by atoms with Crippen molar-refractivity contribution in [1.29, 1.82) is 0 Å². The van der Waals surface area contributed by atoms with Gasteiger partial charge in [0.15, 0.2) is 0 Å². The van der Waals surface area contributed by atoms with Gasteiger partial charge in [-0.05, 0) is 56.0 Å². The minimum atomic E-state index is -0.253. The first-order valence-electron chi connectivity index (χ1n) is 8.59. The topological polar surface area (TPSA) is 72.7 Å². The lowest BCUT2D eigenvalue weighted by Gasteiger charge is -2.22. The molecule has 134 valence electrons. The van der Waals surface area contributed by atoms with E-state index >= 15 is 0 Å². The number of carbonyl (C=O) groups excluding carboxylic acids is 1. The SMILES string of the molecule is Cc1occc1CNC(=O)Nc1ccc(OCC2CCOCC2)cc1. The number of aryl methyl sites for hydroxylation is 1. The van der Waals surface area contributed by atoms with E-state index in [1.807, 2.05) is 37.3 Å². The Bertz CT molecular complexity index is 675. The van der Waals surface area contributed by atoms with Gasteiger partial charge in [-0.3, -0.25) is 0 Å². The van der Waals surface area contributed by atoms with Crippen LogP contribution in [0.5, 0.6) is 5.75 Å². The van der Waals surface area contributed by atoms with Crippen LogP contribution < -0.4 is 15.4 Å². The standard InChI is InChI=1S/C19H24N2O4/c1-14-16(8-11-24-14)12-20-19(22)21-17-2-4-18(5-3-17)25-13-15-6-9-23-10-7-15/h2-5,8,11,15H,6-7,9-10,12-13H2,1H3,(H2,20,21,22). The molecule has 0 saturated carbocycles. The summed E-state index contributed by atoms with van der Waals surface area (Å²) in [4.78, 5) is 11.9. The summed E-state index contributed by atoms with van der Waals surface area (Å²) in [7, 11) is 0. The Balaban J connectivity index is 1.42. The lowest BCUT2D eigenvalue weighted by Crippen LogP contribution is -2.28. The highest BCUT2D eigenvalue weighted by Crippen LogP contribution is 2.19. The first kappa shape index (κ1) is 17.4. The zero-order chi connectivity index (χ0) is 17.5. The molecule has 25 heavy (non-hydrogen) atoms. The summed E-state index contributed by atoms with van der Waals surface area (Å²) in [5, 5.41) is 5.61. The van der Waals surface area contributed by atoms with Gasteiger partial charge in [-0.2, -0.15) is 0 Å². The fraction of sp³-hybridized carbons (Fsp3) is 0.421. The molecule has 0 radical (unpaired) electrons. The fourth-order valence-corrected chi connectivity index (χ4v) is 2.71. The number of ether oxygens (including phenoxy) is 2. The van der Waals surface area contributed by atoms with Crippen molar-refractivity contribution in [3.63, 3.8) is 0 Å². The third kappa shape index (κ3) is 5.26. The van der Waals surface area contributed by atoms with Crippen molar-refractivity contribution in [3.05, 3.63) is 47.9 Å². The van der Waals surface area contributed by atoms with Crippen LogP contribution in [-0.4, -0.2) is 25.9 Å². The normalized spacial score (nSPS) is 14.9. The van der Waals surface area contributed by atoms with Gasteiger partial charge in [0.1, 0.15) is 11.5 Å². The van der Waals surface area contributed by atoms with Crippen LogP contribution in [0.4, 0.5) is 10.5 Å². The van der Waals surface area contributed by atoms with Crippen LogP contribution in [0.2, 0.25) is 0 Å². The van der Waals surface area contributed by atoms with Crippen LogP contribution in [0.1, 0.15) is 24.2 Å². The lowest BCUT2D eigenvalue weighted by atomic mass is 10.0. The van der Waals surface area contributed by atoms with Crippen LogP contribution in [0.3, 0.4) is 0 Å². The molecule has 1 aliphatic heterocycles. The summed E-state index contributed by atoms with van der Waals surface area (Å²) in [5.74, 6) is 2.18. The van der Waals surface area contributed by atoms with Crippen molar-refractivity contribution in [2.75, 3.05) is 25.1 Å². The van der Waals surface area contributed by atoms with Crippen LogP contribution >= 0.6 is 0 Å². The number of hydrogen-bond acceptors (Lipinski definition) is 4. The molecule has 2 aromatic rings. The Kier molecular flexibility index (Phi) is 5.95. The monoisotopic (exact) mass is 344 g/mol. The number of nitrogens with one attached hydrogen (secondary N) is 2. The van der Waals surface area contributed by atoms with E-state index in [-0.39, 0.29) is 6.03 Å². The molecule has 2 heterocycles. The van der Waals surface area contributed by atoms with Crippen LogP contribution in [0.15, 0.2) is 41.0 Å². The second kappa shape index (κ2) is 8.58. The number of urea groups is 1. The molecule has 3 rings (SSSR count). The molecule has 0 unspecified atom stereocenters. The maximum absolute atomic E-state index is 11.9. The Morgan fingerprint density at radius 1 is 1.20 bits per heavy atom. The second-order valence-electron chi connectivity index (χ2n) is 6.20. The van der Waals surface area contributed by atoms with Crippen LogP contribution in [0.25, 0.3) is 0 Å². The summed E-state index contributed by atoms with van der Waals surface area (Å²) < 4.78 is 16.4. The molecule has 1 fully saturated rings. The average molecular weight is 344 g/mol. The second-order valence-corrected chi connectivity index (χ2v) is 6.20. The van der Waals surface area contributed by atoms with Gasteiger partial charge in [-0.25, -0.2) is 4.79 Å². The zero-order valence-corrected chi connectivity index (χ0v) is 14.4. The molecule has 0 spiro atoms. The molecule has 2 amide bonds. The van der Waals surface area contributed by atoms with Gasteiger partial charge in [-0.1, -0.05) is 0 Å². The summed E-state index contributed by atoms with van der Waals surface area (Å²) in [5.41, 5.74) is 1.69. The Morgan fingerprint density at radius 3 is 2.64 bits per heavy atom. The predicted molar refractivity (Wildman–Crippen MR) is 94.8 cm³/mol. The van der Waals surface area contributed by atoms with Gasteiger partial charge in [0.2, 0.25) is 0 Å². The van der Waals surface area contributed by atoms with Crippen molar-refractivity contribution in [3.8, 4) is 5.75 Å². The number of furan rings is 1. The number of carbonyl (C=O) groups is 1. The first-order chi connectivity index (χ1) is 12.2. The Morgan fingerprint density at radius 2 is 1.96 bits per heavy atom. The number of hydrogen-bond donors (Lipinski definition) is 2. The van der Waals surface area contributed by atoms with Gasteiger partial charge in [0.25, 0.3) is 0 Å². The molecule has 6 heteroatoms. The van der Waals surface area contributed by atoms with E-state index in [0.29, 0.717) is 19.1 Å². The molecule has 1 saturated heterocycles. The van der Waals surface area contributed by atoms with Gasteiger partial charge in [0, 0.05) is 31.0 Å². The van der Waals surface area contributed by atoms with E-state index in [4.69, 9.17) is 13.9 Å². The lowest BCUT2D eigenvalue weighted by molar-refractivity contribution is 0.0497. The molecule has 1 aliphatic rings. The number of amides is 2. The van der Waals surface area contributed by atoms with E-state index in [1.165, 1.54) is 0 Å². The molecule has 6 nitrogen and oxygen atoms in total. The maximum atomic E-state index is 11.9. The molecular weight excluding hydrogens is 320 g/mol. The number of benzene rings is 1. The third-order valence-electron chi connectivity index (χ3n) is 4.34. The van der Waals surface area contributed by atoms with E-state index in [1.54, 1.807) is 6.26 Å². The maximum Gasteiger partial charge on any atom is 0.319 e. The van der Waals surface area contributed by atoms with Gasteiger partial charge >= 0.3 is 6.03 Å². The van der Waals surface area contributed by atoms with E-state index in [9.17, 15) is 4.79 Å². The largest absolute Gasteiger partial charge is 0.493 e. The van der Waals surface area contributed by atoms with Gasteiger partial charge in [0.05, 0.1) is 12.9 Å². The molecule has 0 aliphatic carbocycles. The zero-order valence-electron chi connectivity index (χ0n) is 14.4. The Labute approximate surface area is 147 Å². The summed E-state index contributed by atoms with van der Waals surface area (Å²) >= 11 is 0. The van der Waals surface area contributed by atoms with Crippen molar-refractivity contribution in [2.45, 2.75) is 26.3 Å². The van der Waals surface area contributed by atoms with E-state index in [0.717, 1.165) is 48.8 Å². The van der Waals surface area contributed by atoms with Gasteiger partial charge < -0.3 is 24.5 Å². The van der Waals surface area contributed by atoms with E-state index < -0.39 is 0 Å². The van der Waals surface area contributed by atoms with E-state index in [2.05, 4.69) is 10.6 Å². The quantitative estimate of drug-likeness (QED) is 0.838. The van der Waals surface area contributed by atoms with Crippen LogP contribution in [-0.2, 0) is 11.3 Å². The number of anilines is 1. The highest BCUT2D eigenvalue weighted by molar-refractivity contribution is 5.89. The molecular formula is C19H24N2O4. The molecule has 0 bridgehead atoms. The molecule has 1 aromatic heterocycles. The van der Waals surface area contributed by atoms with Gasteiger partial charge in [-0.15, -0.1) is 0 Å². The van der Waals surface area contributed by atoms with Crippen molar-refractivity contribution >= 4 is 11.7 Å². The highest BCUT2D eigenvalue weighted by atomic mass is 16.5. The minimum absolute atomic E-state index is 0.253. The highest BCUT2D eigenvalue weighted by Gasteiger charge is 2.14. The molecule has 2 N–H and O–H groups in total. The average Bonchev–Trinajstić information content (AvgIpc) is 3.05. The predicted octanol–water partition coefficient (Wildman–Crippen LogP) is 3.72. The first-order valence-corrected chi connectivity index (χ1v) is 8.59. The summed E-state index contributed by atoms with van der Waals surface area (Å²) in [6.45, 7) is 4.66. The molecule has 0 atom stereocenters. The fourth-order valence-electron chi connectivity index (χ4n) is 2.71. The third-order valence-corrected chi connectivity index (χ3v) is 4.34. The van der Waals surface area contributed by atoms with Crippen molar-refractivity contribution < 1.29 is 18.7 Å².